The quantitative estimate of drug-likeness (QED) is 0.792. The molecule has 2 saturated heterocycles. The van der Waals surface area contributed by atoms with Crippen molar-refractivity contribution in [3.8, 4) is 6.07 Å². The van der Waals surface area contributed by atoms with Crippen LogP contribution in [0, 0.1) is 23.2 Å². The van der Waals surface area contributed by atoms with Crippen LogP contribution in [0.25, 0.3) is 0 Å². The van der Waals surface area contributed by atoms with Crippen LogP contribution in [0.5, 0.6) is 0 Å². The van der Waals surface area contributed by atoms with E-state index in [4.69, 9.17) is 5.26 Å². The van der Waals surface area contributed by atoms with Crippen LogP contribution in [0.3, 0.4) is 0 Å². The number of likely N-dealkylation sites (tertiary alicyclic amines) is 2. The summed E-state index contributed by atoms with van der Waals surface area (Å²) in [6.07, 6.45) is 4.12. The molecule has 0 spiro atoms. The Bertz CT molecular complexity index is 837. The number of hydrogen-bond acceptors (Lipinski definition) is 4. The molecule has 152 valence electrons. The average Bonchev–Trinajstić information content (AvgIpc) is 2.78. The number of rotatable bonds is 4. The number of benzene rings is 1. The molecule has 1 unspecified atom stereocenters. The van der Waals surface area contributed by atoms with Gasteiger partial charge in [0.1, 0.15) is 0 Å². The maximum Gasteiger partial charge on any atom is 0.245 e. The summed E-state index contributed by atoms with van der Waals surface area (Å²) in [5.74, 6) is -0.458. The number of nitriles is 1. The molecule has 1 N–H and O–H groups in total. The van der Waals surface area contributed by atoms with Crippen LogP contribution in [0.4, 0.5) is 5.69 Å². The summed E-state index contributed by atoms with van der Waals surface area (Å²) in [6, 6.07) is 8.89. The fourth-order valence-corrected chi connectivity index (χ4v) is 4.04. The molecule has 29 heavy (non-hydrogen) atoms. The number of carbonyl (C=O) groups excluding carboxylic acids is 3. The van der Waals surface area contributed by atoms with Gasteiger partial charge in [-0.1, -0.05) is 12.6 Å². The second-order valence-electron chi connectivity index (χ2n) is 7.61. The molecule has 2 heterocycles. The Labute approximate surface area is 171 Å². The number of nitrogens with zero attached hydrogens (tertiary/aromatic N) is 3. The predicted molar refractivity (Wildman–Crippen MR) is 109 cm³/mol. The average molecular weight is 394 g/mol. The van der Waals surface area contributed by atoms with Crippen LogP contribution in [0.15, 0.2) is 36.9 Å². The minimum Gasteiger partial charge on any atom is -0.342 e. The van der Waals surface area contributed by atoms with E-state index < -0.39 is 0 Å². The lowest BCUT2D eigenvalue weighted by atomic mass is 9.92. The Morgan fingerprint density at radius 1 is 1.10 bits per heavy atom. The van der Waals surface area contributed by atoms with Gasteiger partial charge >= 0.3 is 0 Å². The van der Waals surface area contributed by atoms with Crippen molar-refractivity contribution in [3.63, 3.8) is 0 Å². The molecule has 0 bridgehead atoms. The third kappa shape index (κ3) is 5.02. The van der Waals surface area contributed by atoms with E-state index >= 15 is 0 Å². The van der Waals surface area contributed by atoms with Crippen molar-refractivity contribution in [2.45, 2.75) is 25.7 Å². The summed E-state index contributed by atoms with van der Waals surface area (Å²) in [4.78, 5) is 40.8. The van der Waals surface area contributed by atoms with E-state index in [0.717, 1.165) is 12.8 Å². The van der Waals surface area contributed by atoms with Gasteiger partial charge in [0.05, 0.1) is 17.6 Å². The number of amides is 3. The summed E-state index contributed by atoms with van der Waals surface area (Å²) in [5, 5.41) is 11.8. The lowest BCUT2D eigenvalue weighted by Crippen LogP contribution is -2.49. The molecule has 3 amide bonds. The van der Waals surface area contributed by atoms with Gasteiger partial charge in [-0.25, -0.2) is 0 Å². The fraction of sp³-hybridized carbons (Fsp3) is 0.455. The monoisotopic (exact) mass is 394 g/mol. The molecule has 0 aromatic heterocycles. The Morgan fingerprint density at radius 3 is 2.55 bits per heavy atom. The Kier molecular flexibility index (Phi) is 6.65. The Morgan fingerprint density at radius 2 is 1.86 bits per heavy atom. The van der Waals surface area contributed by atoms with Crippen molar-refractivity contribution in [2.24, 2.45) is 11.8 Å². The molecular formula is C22H26N4O3. The van der Waals surface area contributed by atoms with Gasteiger partial charge in [0.2, 0.25) is 17.7 Å². The molecule has 0 aliphatic carbocycles. The topological polar surface area (TPSA) is 93.5 Å². The third-order valence-electron chi connectivity index (χ3n) is 5.69. The van der Waals surface area contributed by atoms with Crippen molar-refractivity contribution in [1.29, 1.82) is 5.26 Å². The van der Waals surface area contributed by atoms with E-state index in [2.05, 4.69) is 18.0 Å². The number of nitrogens with one attached hydrogen (secondary N) is 1. The van der Waals surface area contributed by atoms with Crippen LogP contribution < -0.4 is 5.32 Å². The summed E-state index contributed by atoms with van der Waals surface area (Å²) in [7, 11) is 0. The van der Waals surface area contributed by atoms with Crippen LogP contribution in [0.2, 0.25) is 0 Å². The van der Waals surface area contributed by atoms with Gasteiger partial charge in [-0.3, -0.25) is 14.4 Å². The molecule has 1 aromatic carbocycles. The van der Waals surface area contributed by atoms with Crippen LogP contribution in [0.1, 0.15) is 31.2 Å². The lowest BCUT2D eigenvalue weighted by Gasteiger charge is -2.37. The van der Waals surface area contributed by atoms with Gasteiger partial charge in [0, 0.05) is 37.8 Å². The second kappa shape index (κ2) is 9.37. The van der Waals surface area contributed by atoms with Crippen molar-refractivity contribution in [1.82, 2.24) is 9.80 Å². The molecule has 3 rings (SSSR count). The molecular weight excluding hydrogens is 368 g/mol. The van der Waals surface area contributed by atoms with Crippen molar-refractivity contribution in [2.75, 3.05) is 31.5 Å². The Hall–Kier alpha value is -3.14. The number of anilines is 1. The zero-order valence-corrected chi connectivity index (χ0v) is 16.5. The maximum absolute atomic E-state index is 12.9. The zero-order valence-electron chi connectivity index (χ0n) is 16.5. The van der Waals surface area contributed by atoms with Gasteiger partial charge in [-0.2, -0.15) is 5.26 Å². The third-order valence-corrected chi connectivity index (χ3v) is 5.69. The minimum absolute atomic E-state index is 0.0761. The van der Waals surface area contributed by atoms with Crippen LogP contribution in [-0.2, 0) is 14.4 Å². The smallest absolute Gasteiger partial charge is 0.245 e. The SMILES string of the molecule is C=CC(=O)N1CCCC(C(=O)N2CCC(C(=O)Nc3cccc(C#N)c3)CC2)C1. The van der Waals surface area contributed by atoms with E-state index in [-0.39, 0.29) is 29.6 Å². The molecule has 0 saturated carbocycles. The first-order valence-corrected chi connectivity index (χ1v) is 10.0. The highest BCUT2D eigenvalue weighted by Gasteiger charge is 2.33. The molecule has 2 aliphatic heterocycles. The van der Waals surface area contributed by atoms with Gasteiger partial charge < -0.3 is 15.1 Å². The first-order chi connectivity index (χ1) is 14.0. The standard InChI is InChI=1S/C22H26N4O3/c1-2-20(27)26-10-4-6-18(15-26)22(29)25-11-8-17(9-12-25)21(28)24-19-7-3-5-16(13-19)14-23/h2-3,5,7,13,17-18H,1,4,6,8-12,15H2,(H,24,28). The Balaban J connectivity index is 1.51. The first kappa shape index (κ1) is 20.6. The lowest BCUT2D eigenvalue weighted by molar-refractivity contribution is -0.141. The van der Waals surface area contributed by atoms with Crippen LogP contribution in [-0.4, -0.2) is 53.7 Å². The second-order valence-corrected chi connectivity index (χ2v) is 7.61. The van der Waals surface area contributed by atoms with Gasteiger partial charge in [0.15, 0.2) is 0 Å². The van der Waals surface area contributed by atoms with E-state index in [9.17, 15) is 14.4 Å². The van der Waals surface area contributed by atoms with E-state index in [0.29, 0.717) is 50.3 Å². The number of carbonyl (C=O) groups is 3. The highest BCUT2D eigenvalue weighted by atomic mass is 16.2. The van der Waals surface area contributed by atoms with Crippen molar-refractivity contribution >= 4 is 23.4 Å². The number of piperidine rings is 2. The molecule has 7 nitrogen and oxygen atoms in total. The minimum atomic E-state index is -0.174. The zero-order chi connectivity index (χ0) is 20.8. The maximum atomic E-state index is 12.9. The molecule has 7 heteroatoms. The molecule has 0 radical (unpaired) electrons. The van der Waals surface area contributed by atoms with Crippen LogP contribution >= 0.6 is 0 Å². The van der Waals surface area contributed by atoms with E-state index in [1.807, 2.05) is 4.90 Å². The normalized spacial score (nSPS) is 19.9. The van der Waals surface area contributed by atoms with Crippen molar-refractivity contribution in [3.05, 3.63) is 42.5 Å². The summed E-state index contributed by atoms with van der Waals surface area (Å²) >= 11 is 0. The summed E-state index contributed by atoms with van der Waals surface area (Å²) in [5.41, 5.74) is 1.11. The predicted octanol–water partition coefficient (Wildman–Crippen LogP) is 2.16. The van der Waals surface area contributed by atoms with Gasteiger partial charge in [0.25, 0.3) is 0 Å². The fourth-order valence-electron chi connectivity index (χ4n) is 4.04. The molecule has 2 aliphatic rings. The van der Waals surface area contributed by atoms with E-state index in [1.54, 1.807) is 29.2 Å². The van der Waals surface area contributed by atoms with Crippen molar-refractivity contribution < 1.29 is 14.4 Å². The van der Waals surface area contributed by atoms with E-state index in [1.165, 1.54) is 6.08 Å². The number of hydrogen-bond donors (Lipinski definition) is 1. The largest absolute Gasteiger partial charge is 0.342 e. The van der Waals surface area contributed by atoms with Gasteiger partial charge in [-0.05, 0) is 50.0 Å². The van der Waals surface area contributed by atoms with Gasteiger partial charge in [-0.15, -0.1) is 0 Å². The molecule has 2 fully saturated rings. The summed E-state index contributed by atoms with van der Waals surface area (Å²) in [6.45, 7) is 5.72. The highest BCUT2D eigenvalue weighted by molar-refractivity contribution is 5.93. The highest BCUT2D eigenvalue weighted by Crippen LogP contribution is 2.24. The molecule has 1 aromatic rings. The molecule has 1 atom stereocenters. The summed E-state index contributed by atoms with van der Waals surface area (Å²) < 4.78 is 0. The first-order valence-electron chi connectivity index (χ1n) is 10.0.